The SMILES string of the molecule is C=C(/C=C/c1ccc(CC(=C)CCCCC)c(CC)c1)CCCCNC.CCCCCCCCCCC(C)CC.CCCCCCCCCCC(C)O. The Kier molecular flexibility index (Phi) is 41.9. The molecule has 0 aliphatic rings. The van der Waals surface area contributed by atoms with Crippen molar-refractivity contribution < 1.29 is 5.11 Å². The Hall–Kier alpha value is -1.64. The maximum Gasteiger partial charge on any atom is 0.0512 e. The number of aliphatic hydroxyl groups excluding tert-OH is 1. The zero-order chi connectivity index (χ0) is 39.8. The fraction of sp³-hybridized carbons (Fsp3) is 0.765. The van der Waals surface area contributed by atoms with Gasteiger partial charge >= 0.3 is 0 Å². The third-order valence-corrected chi connectivity index (χ3v) is 10.6. The summed E-state index contributed by atoms with van der Waals surface area (Å²) in [5.41, 5.74) is 6.75. The summed E-state index contributed by atoms with van der Waals surface area (Å²) >= 11 is 0. The molecule has 53 heavy (non-hydrogen) atoms. The van der Waals surface area contributed by atoms with E-state index in [0.717, 1.165) is 44.6 Å². The smallest absolute Gasteiger partial charge is 0.0512 e. The first-order chi connectivity index (χ1) is 25.7. The molecule has 0 amide bonds. The number of aliphatic hydroxyl groups is 1. The van der Waals surface area contributed by atoms with Crippen molar-refractivity contribution in [3.8, 4) is 0 Å². The minimum absolute atomic E-state index is 0.0971. The molecule has 0 radical (unpaired) electrons. The van der Waals surface area contributed by atoms with Gasteiger partial charge < -0.3 is 10.4 Å². The Morgan fingerprint density at radius 1 is 0.642 bits per heavy atom. The Bertz CT molecular complexity index is 959. The summed E-state index contributed by atoms with van der Waals surface area (Å²) in [5, 5.41) is 12.2. The van der Waals surface area contributed by atoms with Crippen LogP contribution >= 0.6 is 0 Å². The number of rotatable bonds is 33. The van der Waals surface area contributed by atoms with Gasteiger partial charge in [0.2, 0.25) is 0 Å². The van der Waals surface area contributed by atoms with Crippen molar-refractivity contribution in [1.29, 1.82) is 0 Å². The van der Waals surface area contributed by atoms with Gasteiger partial charge in [0, 0.05) is 0 Å². The molecule has 310 valence electrons. The summed E-state index contributed by atoms with van der Waals surface area (Å²) in [5.74, 6) is 0.954. The van der Waals surface area contributed by atoms with Crippen molar-refractivity contribution >= 4 is 6.08 Å². The van der Waals surface area contributed by atoms with Crippen LogP contribution < -0.4 is 5.32 Å². The van der Waals surface area contributed by atoms with E-state index in [0.29, 0.717) is 0 Å². The topological polar surface area (TPSA) is 32.3 Å². The number of unbranched alkanes of at least 4 members (excludes halogenated alkanes) is 17. The van der Waals surface area contributed by atoms with E-state index in [-0.39, 0.29) is 6.10 Å². The third kappa shape index (κ3) is 38.4. The highest BCUT2D eigenvalue weighted by molar-refractivity contribution is 5.55. The highest BCUT2D eigenvalue weighted by atomic mass is 16.3. The Morgan fingerprint density at radius 3 is 1.66 bits per heavy atom. The van der Waals surface area contributed by atoms with Crippen molar-refractivity contribution in [2.45, 2.75) is 234 Å². The van der Waals surface area contributed by atoms with Gasteiger partial charge in [0.25, 0.3) is 0 Å². The van der Waals surface area contributed by atoms with Crippen LogP contribution in [-0.2, 0) is 12.8 Å². The van der Waals surface area contributed by atoms with E-state index < -0.39 is 0 Å². The second-order valence-corrected chi connectivity index (χ2v) is 16.2. The quantitative estimate of drug-likeness (QED) is 0.0428. The Morgan fingerprint density at radius 2 is 1.15 bits per heavy atom. The molecule has 0 saturated carbocycles. The number of allylic oxidation sites excluding steroid dienone is 3. The first-order valence-corrected chi connectivity index (χ1v) is 23.2. The summed E-state index contributed by atoms with van der Waals surface area (Å²) in [6, 6.07) is 6.86. The van der Waals surface area contributed by atoms with Crippen LogP contribution in [0.1, 0.15) is 232 Å². The molecule has 2 unspecified atom stereocenters. The minimum atomic E-state index is -0.0971. The first-order valence-electron chi connectivity index (χ1n) is 23.2. The van der Waals surface area contributed by atoms with E-state index in [2.05, 4.69) is 90.4 Å². The summed E-state index contributed by atoms with van der Waals surface area (Å²) in [7, 11) is 2.00. The van der Waals surface area contributed by atoms with Gasteiger partial charge in [0.15, 0.2) is 0 Å². The lowest BCUT2D eigenvalue weighted by atomic mass is 9.94. The normalized spacial score (nSPS) is 12.2. The summed E-state index contributed by atoms with van der Waals surface area (Å²) in [6.07, 6.45) is 41.1. The lowest BCUT2D eigenvalue weighted by Crippen LogP contribution is -2.06. The summed E-state index contributed by atoms with van der Waals surface area (Å²) in [6.45, 7) is 25.1. The van der Waals surface area contributed by atoms with Crippen LogP contribution in [0.25, 0.3) is 6.08 Å². The van der Waals surface area contributed by atoms with Crippen LogP contribution in [0.4, 0.5) is 0 Å². The average molecular weight is 738 g/mol. The van der Waals surface area contributed by atoms with E-state index in [4.69, 9.17) is 5.11 Å². The maximum absolute atomic E-state index is 9.03. The molecule has 0 heterocycles. The highest BCUT2D eigenvalue weighted by Gasteiger charge is 2.05. The Labute approximate surface area is 334 Å². The fourth-order valence-electron chi connectivity index (χ4n) is 6.59. The second kappa shape index (κ2) is 41.5. The van der Waals surface area contributed by atoms with Crippen molar-refractivity contribution in [2.75, 3.05) is 13.6 Å². The number of benzene rings is 1. The molecular weight excluding hydrogens is 643 g/mol. The van der Waals surface area contributed by atoms with Crippen LogP contribution in [0, 0.1) is 5.92 Å². The average Bonchev–Trinajstić information content (AvgIpc) is 3.15. The molecule has 1 aromatic rings. The van der Waals surface area contributed by atoms with Gasteiger partial charge in [0.1, 0.15) is 0 Å². The summed E-state index contributed by atoms with van der Waals surface area (Å²) < 4.78 is 0. The molecule has 2 atom stereocenters. The second-order valence-electron chi connectivity index (χ2n) is 16.2. The molecule has 1 rings (SSSR count). The minimum Gasteiger partial charge on any atom is -0.393 e. The van der Waals surface area contributed by atoms with Gasteiger partial charge in [-0.15, -0.1) is 0 Å². The van der Waals surface area contributed by atoms with Crippen molar-refractivity contribution in [1.82, 2.24) is 5.32 Å². The zero-order valence-electron chi connectivity index (χ0n) is 37.4. The van der Waals surface area contributed by atoms with Gasteiger partial charge in [0.05, 0.1) is 6.10 Å². The third-order valence-electron chi connectivity index (χ3n) is 10.6. The van der Waals surface area contributed by atoms with Crippen molar-refractivity contribution in [3.05, 3.63) is 65.3 Å². The number of nitrogens with one attached hydrogen (secondary N) is 1. The Balaban J connectivity index is 0. The molecular formula is C51H95NO. The van der Waals surface area contributed by atoms with E-state index in [1.807, 2.05) is 14.0 Å². The van der Waals surface area contributed by atoms with Gasteiger partial charge in [-0.1, -0.05) is 225 Å². The molecule has 0 spiro atoms. The first kappa shape index (κ1) is 53.5. The highest BCUT2D eigenvalue weighted by Crippen LogP contribution is 2.21. The van der Waals surface area contributed by atoms with E-state index >= 15 is 0 Å². The fourth-order valence-corrected chi connectivity index (χ4v) is 6.59. The molecule has 0 fully saturated rings. The molecule has 2 nitrogen and oxygen atoms in total. The molecule has 1 aromatic carbocycles. The monoisotopic (exact) mass is 738 g/mol. The molecule has 0 bridgehead atoms. The van der Waals surface area contributed by atoms with E-state index in [9.17, 15) is 0 Å². The van der Waals surface area contributed by atoms with Gasteiger partial charge in [-0.05, 0) is 94.5 Å². The van der Waals surface area contributed by atoms with Crippen LogP contribution in [0.2, 0.25) is 0 Å². The number of hydrogen-bond donors (Lipinski definition) is 2. The number of aryl methyl sites for hydroxylation is 1. The van der Waals surface area contributed by atoms with Crippen molar-refractivity contribution in [2.24, 2.45) is 5.92 Å². The lowest BCUT2D eigenvalue weighted by molar-refractivity contribution is 0.180. The molecule has 0 aromatic heterocycles. The molecule has 0 aliphatic carbocycles. The molecule has 2 heteroatoms. The predicted molar refractivity (Wildman–Crippen MR) is 244 cm³/mol. The molecule has 2 N–H and O–H groups in total. The van der Waals surface area contributed by atoms with E-state index in [1.54, 1.807) is 0 Å². The maximum atomic E-state index is 9.03. The van der Waals surface area contributed by atoms with Crippen LogP contribution in [-0.4, -0.2) is 24.8 Å². The standard InChI is InChI=1S/C25H39N.C14H30.C12H26O/c1-6-8-9-13-22(4)19-25-17-16-23(20-24(25)7-2)15-14-21(3)12-10-11-18-26-5;1-4-6-7-8-9-10-11-12-13-14(3)5-2;1-3-4-5-6-7-8-9-10-11-12(2)13/h14-17,20,26H,3-4,6-13,18-19H2,1-2,5H3;14H,4-13H2,1-3H3;12-13H,3-11H2,1-2H3/b15-14+;;. The number of hydrogen-bond acceptors (Lipinski definition) is 2. The van der Waals surface area contributed by atoms with Crippen LogP contribution in [0.3, 0.4) is 0 Å². The van der Waals surface area contributed by atoms with Gasteiger partial charge in [-0.3, -0.25) is 0 Å². The summed E-state index contributed by atoms with van der Waals surface area (Å²) in [4.78, 5) is 0. The van der Waals surface area contributed by atoms with Crippen molar-refractivity contribution in [3.63, 3.8) is 0 Å². The lowest BCUT2D eigenvalue weighted by Gasteiger charge is -2.11. The molecule has 0 saturated heterocycles. The van der Waals surface area contributed by atoms with Crippen LogP contribution in [0.15, 0.2) is 48.6 Å². The van der Waals surface area contributed by atoms with E-state index in [1.165, 1.54) is 176 Å². The molecule has 0 aliphatic heterocycles. The van der Waals surface area contributed by atoms with Gasteiger partial charge in [-0.2, -0.15) is 0 Å². The van der Waals surface area contributed by atoms with Crippen LogP contribution in [0.5, 0.6) is 0 Å². The van der Waals surface area contributed by atoms with Gasteiger partial charge in [-0.25, -0.2) is 0 Å². The predicted octanol–water partition coefficient (Wildman–Crippen LogP) is 16.3. The zero-order valence-corrected chi connectivity index (χ0v) is 37.4. The largest absolute Gasteiger partial charge is 0.393 e.